The van der Waals surface area contributed by atoms with Gasteiger partial charge in [-0.25, -0.2) is 4.68 Å². The number of rotatable bonds is 6. The molecule has 0 atom stereocenters. The van der Waals surface area contributed by atoms with Crippen molar-refractivity contribution in [3.8, 4) is 0 Å². The molecule has 2 N–H and O–H groups in total. The van der Waals surface area contributed by atoms with Crippen LogP contribution in [0.1, 0.15) is 25.6 Å². The summed E-state index contributed by atoms with van der Waals surface area (Å²) in [7, 11) is 0. The molecular formula is C10H14BrN7O. The quantitative estimate of drug-likeness (QED) is 0.818. The summed E-state index contributed by atoms with van der Waals surface area (Å²) in [6.45, 7) is 3.06. The van der Waals surface area contributed by atoms with Gasteiger partial charge in [-0.15, -0.1) is 10.2 Å². The predicted molar refractivity (Wildman–Crippen MR) is 72.6 cm³/mol. The number of aromatic nitrogens is 6. The number of hydrogen-bond acceptors (Lipinski definition) is 6. The van der Waals surface area contributed by atoms with Crippen molar-refractivity contribution in [3.05, 3.63) is 26.8 Å². The highest BCUT2D eigenvalue weighted by molar-refractivity contribution is 9.10. The molecule has 0 saturated carbocycles. The Morgan fingerprint density at radius 2 is 2.37 bits per heavy atom. The van der Waals surface area contributed by atoms with Crippen molar-refractivity contribution in [3.63, 3.8) is 0 Å². The van der Waals surface area contributed by atoms with Gasteiger partial charge in [0.1, 0.15) is 4.47 Å². The van der Waals surface area contributed by atoms with E-state index >= 15 is 0 Å². The average Bonchev–Trinajstić information content (AvgIpc) is 2.92. The maximum atomic E-state index is 12.0. The Labute approximate surface area is 117 Å². The molecule has 0 saturated heterocycles. The standard InChI is InChI=1S/C10H14BrN7O/c1-2-3-4-18-10(19)9(11)7(5-13-18)12-6-8-14-16-17-15-8/h5,12H,2-4,6H2,1H3,(H,14,15,16,17). The first-order chi connectivity index (χ1) is 9.22. The van der Waals surface area contributed by atoms with Gasteiger partial charge in [-0.1, -0.05) is 18.6 Å². The van der Waals surface area contributed by atoms with Gasteiger partial charge in [0.2, 0.25) is 0 Å². The van der Waals surface area contributed by atoms with Gasteiger partial charge in [0.05, 0.1) is 18.4 Å². The fourth-order valence-electron chi connectivity index (χ4n) is 1.49. The molecule has 0 bridgehead atoms. The fourth-order valence-corrected chi connectivity index (χ4v) is 1.93. The maximum absolute atomic E-state index is 12.0. The number of tetrazole rings is 1. The first kappa shape index (κ1) is 13.7. The van der Waals surface area contributed by atoms with Gasteiger partial charge in [-0.3, -0.25) is 4.79 Å². The molecule has 8 nitrogen and oxygen atoms in total. The van der Waals surface area contributed by atoms with Crippen molar-refractivity contribution in [2.45, 2.75) is 32.9 Å². The van der Waals surface area contributed by atoms with E-state index in [1.54, 1.807) is 6.20 Å². The first-order valence-corrected chi connectivity index (χ1v) is 6.73. The smallest absolute Gasteiger partial charge is 0.283 e. The highest BCUT2D eigenvalue weighted by atomic mass is 79.9. The monoisotopic (exact) mass is 327 g/mol. The van der Waals surface area contributed by atoms with Gasteiger partial charge in [0, 0.05) is 6.54 Å². The Bertz CT molecular complexity index is 580. The second-order valence-corrected chi connectivity index (χ2v) is 4.73. The van der Waals surface area contributed by atoms with Crippen LogP contribution in [0.5, 0.6) is 0 Å². The number of H-pyrrole nitrogens is 1. The predicted octanol–water partition coefficient (Wildman–Crippen LogP) is 0.931. The number of nitrogens with one attached hydrogen (secondary N) is 2. The van der Waals surface area contributed by atoms with Gasteiger partial charge in [0.15, 0.2) is 5.82 Å². The second-order valence-electron chi connectivity index (χ2n) is 3.94. The summed E-state index contributed by atoms with van der Waals surface area (Å²) in [5.74, 6) is 0.516. The first-order valence-electron chi connectivity index (χ1n) is 5.94. The molecule has 0 unspecified atom stereocenters. The van der Waals surface area contributed by atoms with E-state index in [0.29, 0.717) is 29.1 Å². The molecule has 0 aliphatic carbocycles. The van der Waals surface area contributed by atoms with E-state index in [1.165, 1.54) is 4.68 Å². The van der Waals surface area contributed by atoms with Crippen LogP contribution in [0, 0.1) is 0 Å². The van der Waals surface area contributed by atoms with E-state index in [2.05, 4.69) is 53.9 Å². The number of aromatic amines is 1. The SMILES string of the molecule is CCCCn1ncc(NCc2nn[nH]n2)c(Br)c1=O. The zero-order valence-electron chi connectivity index (χ0n) is 10.4. The van der Waals surface area contributed by atoms with Crippen molar-refractivity contribution in [2.24, 2.45) is 0 Å². The summed E-state index contributed by atoms with van der Waals surface area (Å²) in [6.07, 6.45) is 3.56. The fraction of sp³-hybridized carbons (Fsp3) is 0.500. The normalized spacial score (nSPS) is 10.6. The van der Waals surface area contributed by atoms with Crippen LogP contribution >= 0.6 is 15.9 Å². The third-order valence-corrected chi connectivity index (χ3v) is 3.30. The van der Waals surface area contributed by atoms with Crippen LogP contribution in [0.3, 0.4) is 0 Å². The van der Waals surface area contributed by atoms with Gasteiger partial charge >= 0.3 is 0 Å². The van der Waals surface area contributed by atoms with Crippen molar-refractivity contribution in [1.29, 1.82) is 0 Å². The third kappa shape index (κ3) is 3.37. The van der Waals surface area contributed by atoms with Crippen LogP contribution < -0.4 is 10.9 Å². The lowest BCUT2D eigenvalue weighted by Crippen LogP contribution is -2.24. The number of unbranched alkanes of at least 4 members (excludes halogenated alkanes) is 1. The number of aryl methyl sites for hydroxylation is 1. The lowest BCUT2D eigenvalue weighted by atomic mass is 10.3. The number of hydrogen-bond donors (Lipinski definition) is 2. The van der Waals surface area contributed by atoms with Crippen LogP contribution in [0.15, 0.2) is 15.5 Å². The average molecular weight is 328 g/mol. The minimum absolute atomic E-state index is 0.147. The molecule has 102 valence electrons. The summed E-state index contributed by atoms with van der Waals surface area (Å²) < 4.78 is 1.91. The Balaban J connectivity index is 2.09. The molecule has 0 spiro atoms. The molecule has 0 amide bonds. The maximum Gasteiger partial charge on any atom is 0.283 e. The van der Waals surface area contributed by atoms with Gasteiger partial charge in [-0.05, 0) is 22.4 Å². The second kappa shape index (κ2) is 6.41. The van der Waals surface area contributed by atoms with E-state index in [-0.39, 0.29) is 5.56 Å². The van der Waals surface area contributed by atoms with Gasteiger partial charge in [0.25, 0.3) is 5.56 Å². The highest BCUT2D eigenvalue weighted by Crippen LogP contribution is 2.16. The van der Waals surface area contributed by atoms with Crippen LogP contribution in [0.25, 0.3) is 0 Å². The van der Waals surface area contributed by atoms with Crippen LogP contribution in [0.4, 0.5) is 5.69 Å². The zero-order valence-corrected chi connectivity index (χ0v) is 12.0. The number of nitrogens with zero attached hydrogens (tertiary/aromatic N) is 5. The van der Waals surface area contributed by atoms with Crippen molar-refractivity contribution < 1.29 is 0 Å². The van der Waals surface area contributed by atoms with Gasteiger partial charge < -0.3 is 5.32 Å². The van der Waals surface area contributed by atoms with Gasteiger partial charge in [-0.2, -0.15) is 10.3 Å². The molecule has 0 fully saturated rings. The molecule has 19 heavy (non-hydrogen) atoms. The number of halogens is 1. The topological polar surface area (TPSA) is 101 Å². The van der Waals surface area contributed by atoms with E-state index in [9.17, 15) is 4.79 Å². The van der Waals surface area contributed by atoms with Crippen LogP contribution in [-0.2, 0) is 13.1 Å². The Morgan fingerprint density at radius 3 is 3.05 bits per heavy atom. The molecule has 2 aromatic heterocycles. The van der Waals surface area contributed by atoms with Crippen molar-refractivity contribution in [1.82, 2.24) is 30.4 Å². The largest absolute Gasteiger partial charge is 0.375 e. The summed E-state index contributed by atoms with van der Waals surface area (Å²) in [5.41, 5.74) is 0.467. The molecule has 0 aliphatic rings. The van der Waals surface area contributed by atoms with E-state index in [4.69, 9.17) is 0 Å². The Hall–Kier alpha value is -1.77. The van der Waals surface area contributed by atoms with E-state index < -0.39 is 0 Å². The molecule has 0 aromatic carbocycles. The molecule has 2 rings (SSSR count). The molecule has 2 aromatic rings. The zero-order chi connectivity index (χ0) is 13.7. The van der Waals surface area contributed by atoms with Crippen molar-refractivity contribution >= 4 is 21.6 Å². The molecular weight excluding hydrogens is 314 g/mol. The van der Waals surface area contributed by atoms with E-state index in [1.807, 2.05) is 0 Å². The Morgan fingerprint density at radius 1 is 1.53 bits per heavy atom. The minimum atomic E-state index is -0.147. The lowest BCUT2D eigenvalue weighted by molar-refractivity contribution is 0.541. The summed E-state index contributed by atoms with van der Waals surface area (Å²) in [6, 6.07) is 0. The summed E-state index contributed by atoms with van der Waals surface area (Å²) in [4.78, 5) is 12.0. The molecule has 0 radical (unpaired) electrons. The van der Waals surface area contributed by atoms with Crippen LogP contribution in [0.2, 0.25) is 0 Å². The van der Waals surface area contributed by atoms with E-state index in [0.717, 1.165) is 12.8 Å². The van der Waals surface area contributed by atoms with Crippen LogP contribution in [-0.4, -0.2) is 30.4 Å². The molecule has 2 heterocycles. The highest BCUT2D eigenvalue weighted by Gasteiger charge is 2.09. The molecule has 9 heteroatoms. The third-order valence-electron chi connectivity index (χ3n) is 2.53. The Kier molecular flexibility index (Phi) is 4.61. The lowest BCUT2D eigenvalue weighted by Gasteiger charge is -2.08. The summed E-state index contributed by atoms with van der Waals surface area (Å²) in [5, 5.41) is 20.6. The molecule has 0 aliphatic heterocycles. The minimum Gasteiger partial charge on any atom is -0.375 e. The summed E-state index contributed by atoms with van der Waals surface area (Å²) >= 11 is 3.29. The van der Waals surface area contributed by atoms with Crippen molar-refractivity contribution in [2.75, 3.05) is 5.32 Å². The number of anilines is 1.